The van der Waals surface area contributed by atoms with E-state index in [4.69, 9.17) is 9.47 Å². The lowest BCUT2D eigenvalue weighted by molar-refractivity contribution is -0.137. The van der Waals surface area contributed by atoms with Crippen molar-refractivity contribution in [3.05, 3.63) is 60.2 Å². The molecule has 26 heavy (non-hydrogen) atoms. The first-order chi connectivity index (χ1) is 12.5. The van der Waals surface area contributed by atoms with Gasteiger partial charge in [0.25, 0.3) is 0 Å². The highest BCUT2D eigenvalue weighted by molar-refractivity contribution is 5.75. The summed E-state index contributed by atoms with van der Waals surface area (Å²) in [4.78, 5) is 0. The molecule has 1 N–H and O–H groups in total. The highest BCUT2D eigenvalue weighted by atomic mass is 19.4. The molecule has 2 aromatic rings. The maximum atomic E-state index is 12.6. The van der Waals surface area contributed by atoms with Crippen molar-refractivity contribution in [3.8, 4) is 11.5 Å². The molecule has 0 aromatic heterocycles. The van der Waals surface area contributed by atoms with Crippen LogP contribution in [0.2, 0.25) is 0 Å². The van der Waals surface area contributed by atoms with Crippen molar-refractivity contribution in [2.24, 2.45) is 0 Å². The highest BCUT2D eigenvalue weighted by Crippen LogP contribution is 2.43. The van der Waals surface area contributed by atoms with E-state index in [0.29, 0.717) is 22.9 Å². The minimum atomic E-state index is -4.35. The van der Waals surface area contributed by atoms with Gasteiger partial charge in [0, 0.05) is 0 Å². The number of alkyl halides is 3. The second kappa shape index (κ2) is 9.29. The lowest BCUT2D eigenvalue weighted by atomic mass is 10.1. The number of halogens is 3. The summed E-state index contributed by atoms with van der Waals surface area (Å²) in [6.07, 6.45) is 0.931. The van der Waals surface area contributed by atoms with Gasteiger partial charge in [-0.1, -0.05) is 38.1 Å². The molecule has 0 unspecified atom stereocenters. The van der Waals surface area contributed by atoms with E-state index >= 15 is 0 Å². The maximum Gasteiger partial charge on any atom is 0.416 e. The number of hydrogen-bond donors (Lipinski definition) is 1. The molecule has 0 atom stereocenters. The molecule has 0 amide bonds. The van der Waals surface area contributed by atoms with E-state index in [1.54, 1.807) is 24.3 Å². The Morgan fingerprint density at radius 1 is 0.923 bits per heavy atom. The summed E-state index contributed by atoms with van der Waals surface area (Å²) >= 11 is 0. The van der Waals surface area contributed by atoms with Crippen LogP contribution in [0.3, 0.4) is 0 Å². The largest absolute Gasteiger partial charge is 0.453 e. The molecule has 2 heterocycles. The Morgan fingerprint density at radius 3 is 2.23 bits per heavy atom. The lowest BCUT2D eigenvalue weighted by Crippen LogP contribution is -2.08. The average Bonchev–Trinajstić information content (AvgIpc) is 2.68. The van der Waals surface area contributed by atoms with E-state index < -0.39 is 11.7 Å². The molecular formula is C20H22F3NO2. The van der Waals surface area contributed by atoms with Crippen LogP contribution in [0.25, 0.3) is 0 Å². The molecule has 2 aliphatic rings. The van der Waals surface area contributed by atoms with Gasteiger partial charge >= 0.3 is 6.18 Å². The van der Waals surface area contributed by atoms with E-state index in [9.17, 15) is 13.2 Å². The third kappa shape index (κ3) is 5.26. The Hall–Kier alpha value is -2.47. The van der Waals surface area contributed by atoms with Gasteiger partial charge in [-0.2, -0.15) is 13.2 Å². The van der Waals surface area contributed by atoms with Crippen LogP contribution in [0.4, 0.5) is 24.5 Å². The predicted octanol–water partition coefficient (Wildman–Crippen LogP) is 6.54. The topological polar surface area (TPSA) is 30.5 Å². The SMILES string of the molecule is C1=CCOCC1.CC.FC(F)(F)c1ccc2c(c1)Nc1ccccc1O2. The third-order valence-corrected chi connectivity index (χ3v) is 3.49. The molecule has 140 valence electrons. The van der Waals surface area contributed by atoms with E-state index in [-0.39, 0.29) is 0 Å². The van der Waals surface area contributed by atoms with Crippen molar-refractivity contribution in [1.29, 1.82) is 0 Å². The molecule has 0 radical (unpaired) electrons. The van der Waals surface area contributed by atoms with E-state index in [0.717, 1.165) is 31.8 Å². The number of ether oxygens (including phenoxy) is 2. The minimum Gasteiger partial charge on any atom is -0.453 e. The molecule has 0 saturated heterocycles. The number of para-hydroxylation sites is 2. The van der Waals surface area contributed by atoms with E-state index in [2.05, 4.69) is 11.4 Å². The van der Waals surface area contributed by atoms with Gasteiger partial charge in [-0.05, 0) is 36.8 Å². The number of fused-ring (bicyclic) bond motifs is 2. The first-order valence-corrected chi connectivity index (χ1v) is 8.52. The van der Waals surface area contributed by atoms with Gasteiger partial charge in [0.1, 0.15) is 0 Å². The number of hydrogen-bond acceptors (Lipinski definition) is 3. The Morgan fingerprint density at radius 2 is 1.65 bits per heavy atom. The first-order valence-electron chi connectivity index (χ1n) is 8.52. The third-order valence-electron chi connectivity index (χ3n) is 3.49. The first kappa shape index (κ1) is 19.8. The zero-order valence-corrected chi connectivity index (χ0v) is 14.8. The summed E-state index contributed by atoms with van der Waals surface area (Å²) in [7, 11) is 0. The smallest absolute Gasteiger partial charge is 0.416 e. The van der Waals surface area contributed by atoms with Crippen molar-refractivity contribution >= 4 is 11.4 Å². The van der Waals surface area contributed by atoms with Gasteiger partial charge in [-0.3, -0.25) is 0 Å². The molecule has 0 fully saturated rings. The van der Waals surface area contributed by atoms with Crippen LogP contribution in [-0.4, -0.2) is 13.2 Å². The Balaban J connectivity index is 0.000000256. The quantitative estimate of drug-likeness (QED) is 0.459. The number of benzene rings is 2. The van der Waals surface area contributed by atoms with Gasteiger partial charge in [0.05, 0.1) is 30.2 Å². The van der Waals surface area contributed by atoms with Crippen molar-refractivity contribution in [3.63, 3.8) is 0 Å². The van der Waals surface area contributed by atoms with Crippen LogP contribution in [0.5, 0.6) is 11.5 Å². The van der Waals surface area contributed by atoms with Crippen LogP contribution < -0.4 is 10.1 Å². The van der Waals surface area contributed by atoms with Crippen molar-refractivity contribution in [2.45, 2.75) is 26.4 Å². The van der Waals surface area contributed by atoms with Gasteiger partial charge < -0.3 is 14.8 Å². The van der Waals surface area contributed by atoms with Crippen LogP contribution in [0.15, 0.2) is 54.6 Å². The zero-order chi connectivity index (χ0) is 19.0. The fourth-order valence-electron chi connectivity index (χ4n) is 2.30. The molecule has 3 nitrogen and oxygen atoms in total. The summed E-state index contributed by atoms with van der Waals surface area (Å²) in [5, 5.41) is 2.93. The fourth-order valence-corrected chi connectivity index (χ4v) is 2.30. The second-order valence-corrected chi connectivity index (χ2v) is 5.27. The van der Waals surface area contributed by atoms with Crippen LogP contribution in [0, 0.1) is 0 Å². The van der Waals surface area contributed by atoms with Crippen molar-refractivity contribution in [1.82, 2.24) is 0 Å². The summed E-state index contributed by atoms with van der Waals surface area (Å²) in [6.45, 7) is 5.73. The molecule has 6 heteroatoms. The monoisotopic (exact) mass is 365 g/mol. The van der Waals surface area contributed by atoms with E-state index in [1.165, 1.54) is 6.07 Å². The van der Waals surface area contributed by atoms with Crippen LogP contribution in [0.1, 0.15) is 25.8 Å². The summed E-state index contributed by atoms with van der Waals surface area (Å²) < 4.78 is 48.3. The van der Waals surface area contributed by atoms with Crippen molar-refractivity contribution < 1.29 is 22.6 Å². The fraction of sp³-hybridized carbons (Fsp3) is 0.300. The number of anilines is 2. The van der Waals surface area contributed by atoms with Gasteiger partial charge in [-0.25, -0.2) is 0 Å². The predicted molar refractivity (Wildman–Crippen MR) is 97.2 cm³/mol. The molecule has 4 rings (SSSR count). The normalized spacial score (nSPS) is 14.2. The average molecular weight is 365 g/mol. The van der Waals surface area contributed by atoms with Gasteiger partial charge in [0.2, 0.25) is 0 Å². The Labute approximate surface area is 151 Å². The van der Waals surface area contributed by atoms with Crippen LogP contribution >= 0.6 is 0 Å². The Kier molecular flexibility index (Phi) is 7.09. The standard InChI is InChI=1S/C13H8F3NO.C5H8O.C2H6/c14-13(15,16)8-5-6-12-10(7-8)17-9-3-1-2-4-11(9)18-12;1-2-4-6-5-3-1;1-2/h1-7,17H;1-2H,3-5H2;1-2H3. The summed E-state index contributed by atoms with van der Waals surface area (Å²) in [6, 6.07) is 10.5. The molecule has 2 aromatic carbocycles. The van der Waals surface area contributed by atoms with Gasteiger partial charge in [0.15, 0.2) is 11.5 Å². The maximum absolute atomic E-state index is 12.6. The summed E-state index contributed by atoms with van der Waals surface area (Å²) in [5.74, 6) is 0.992. The Bertz CT molecular complexity index is 734. The zero-order valence-electron chi connectivity index (χ0n) is 14.8. The van der Waals surface area contributed by atoms with Crippen molar-refractivity contribution in [2.75, 3.05) is 18.5 Å². The van der Waals surface area contributed by atoms with E-state index in [1.807, 2.05) is 19.9 Å². The molecule has 2 aliphatic heterocycles. The molecular weight excluding hydrogens is 343 g/mol. The molecule has 0 spiro atoms. The highest BCUT2D eigenvalue weighted by Gasteiger charge is 2.32. The second-order valence-electron chi connectivity index (χ2n) is 5.27. The summed E-state index contributed by atoms with van der Waals surface area (Å²) in [5.41, 5.74) is 0.282. The van der Waals surface area contributed by atoms with Gasteiger partial charge in [-0.15, -0.1) is 0 Å². The number of rotatable bonds is 0. The minimum absolute atomic E-state index is 0.323. The molecule has 0 aliphatic carbocycles. The number of nitrogens with one attached hydrogen (secondary N) is 1. The molecule has 0 bridgehead atoms. The molecule has 0 saturated carbocycles. The lowest BCUT2D eigenvalue weighted by Gasteiger charge is -2.22. The van der Waals surface area contributed by atoms with Crippen LogP contribution in [-0.2, 0) is 10.9 Å².